The molecular weight excluding hydrogens is 382 g/mol. The Morgan fingerprint density at radius 2 is 1.66 bits per heavy atom. The molecule has 3 nitrogen and oxygen atoms in total. The van der Waals surface area contributed by atoms with Crippen LogP contribution in [-0.4, -0.2) is 19.8 Å². The first-order valence-corrected chi connectivity index (χ1v) is 11.2. The van der Waals surface area contributed by atoms with Gasteiger partial charge in [-0.1, -0.05) is 62.6 Å². The molecule has 1 unspecified atom stereocenters. The molecule has 3 rings (SSSR count). The number of halogens is 1. The van der Waals surface area contributed by atoms with Gasteiger partial charge in [0.15, 0.2) is 11.5 Å². The van der Waals surface area contributed by atoms with Crippen LogP contribution in [-0.2, 0) is 6.42 Å². The first-order valence-electron chi connectivity index (χ1n) is 10.8. The van der Waals surface area contributed by atoms with E-state index in [0.717, 1.165) is 73.9 Å². The molecule has 0 saturated carbocycles. The van der Waals surface area contributed by atoms with Crippen LogP contribution >= 0.6 is 11.6 Å². The summed E-state index contributed by atoms with van der Waals surface area (Å²) < 4.78 is 12.2. The third kappa shape index (κ3) is 6.25. The van der Waals surface area contributed by atoms with E-state index in [1.165, 1.54) is 11.1 Å². The monoisotopic (exact) mass is 413 g/mol. The fraction of sp³-hybridized carbons (Fsp3) is 0.440. The summed E-state index contributed by atoms with van der Waals surface area (Å²) in [5, 5.41) is 4.37. The van der Waals surface area contributed by atoms with Crippen LogP contribution < -0.4 is 14.8 Å². The minimum absolute atomic E-state index is 0.160. The van der Waals surface area contributed by atoms with Gasteiger partial charge < -0.3 is 14.8 Å². The average Bonchev–Trinajstić information content (AvgIpc) is 2.74. The van der Waals surface area contributed by atoms with Crippen molar-refractivity contribution in [1.82, 2.24) is 5.32 Å². The van der Waals surface area contributed by atoms with Crippen LogP contribution in [0.15, 0.2) is 42.5 Å². The molecule has 1 aliphatic rings. The quantitative estimate of drug-likeness (QED) is 0.445. The van der Waals surface area contributed by atoms with E-state index in [4.69, 9.17) is 21.1 Å². The molecule has 29 heavy (non-hydrogen) atoms. The molecule has 4 heteroatoms. The van der Waals surface area contributed by atoms with Crippen LogP contribution in [0.3, 0.4) is 0 Å². The highest BCUT2D eigenvalue weighted by atomic mass is 35.5. The van der Waals surface area contributed by atoms with Gasteiger partial charge in [-0.15, -0.1) is 0 Å². The van der Waals surface area contributed by atoms with Gasteiger partial charge in [-0.2, -0.15) is 0 Å². The zero-order valence-electron chi connectivity index (χ0n) is 17.5. The van der Waals surface area contributed by atoms with Crippen molar-refractivity contribution >= 4 is 17.7 Å². The summed E-state index contributed by atoms with van der Waals surface area (Å²) in [7, 11) is 0. The molecule has 0 fully saturated rings. The van der Waals surface area contributed by atoms with Crippen molar-refractivity contribution in [3.05, 3.63) is 64.2 Å². The molecular formula is C25H32ClNO2. The van der Waals surface area contributed by atoms with Gasteiger partial charge in [0.2, 0.25) is 0 Å². The first kappa shape index (κ1) is 21.7. The number of benzene rings is 2. The molecule has 1 aliphatic heterocycles. The van der Waals surface area contributed by atoms with Crippen molar-refractivity contribution in [2.75, 3.05) is 19.8 Å². The second kappa shape index (κ2) is 11.3. The maximum absolute atomic E-state index is 6.11. The number of hydrogen-bond acceptors (Lipinski definition) is 3. The Labute approximate surface area is 180 Å². The third-order valence-electron chi connectivity index (χ3n) is 5.16. The minimum atomic E-state index is 0.160. The fourth-order valence-electron chi connectivity index (χ4n) is 3.43. The predicted molar refractivity (Wildman–Crippen MR) is 122 cm³/mol. The van der Waals surface area contributed by atoms with Crippen LogP contribution in [0.4, 0.5) is 0 Å². The van der Waals surface area contributed by atoms with Crippen LogP contribution in [0.2, 0.25) is 5.02 Å². The van der Waals surface area contributed by atoms with Crippen LogP contribution in [0.25, 0.3) is 6.08 Å². The number of ether oxygens (including phenoxy) is 2. The summed E-state index contributed by atoms with van der Waals surface area (Å²) in [6, 6.07) is 12.4. The zero-order valence-corrected chi connectivity index (χ0v) is 18.3. The van der Waals surface area contributed by atoms with E-state index in [-0.39, 0.29) is 6.04 Å². The second-order valence-electron chi connectivity index (χ2n) is 7.49. The topological polar surface area (TPSA) is 30.5 Å². The van der Waals surface area contributed by atoms with Gasteiger partial charge in [-0.3, -0.25) is 0 Å². The standard InChI is InChI=1S/C25H32ClNO2/c1-3-5-15-28-24-17-20-13-14-27-23(12-9-19-7-10-21(26)11-8-19)22(20)18-25(24)29-16-6-4-2/h7-12,17-18,23,27H,3-6,13-16H2,1-2H3/b12-9+. The van der Waals surface area contributed by atoms with Crippen molar-refractivity contribution in [3.8, 4) is 11.5 Å². The van der Waals surface area contributed by atoms with Crippen molar-refractivity contribution in [1.29, 1.82) is 0 Å². The van der Waals surface area contributed by atoms with E-state index in [1.807, 2.05) is 24.3 Å². The molecule has 156 valence electrons. The summed E-state index contributed by atoms with van der Waals surface area (Å²) in [5.41, 5.74) is 3.75. The van der Waals surface area contributed by atoms with E-state index >= 15 is 0 Å². The van der Waals surface area contributed by atoms with Crippen LogP contribution in [0.1, 0.15) is 62.3 Å². The lowest BCUT2D eigenvalue weighted by atomic mass is 9.93. The highest BCUT2D eigenvalue weighted by Crippen LogP contribution is 2.36. The summed E-state index contributed by atoms with van der Waals surface area (Å²) in [5.74, 6) is 1.75. The molecule has 0 aliphatic carbocycles. The normalized spacial score (nSPS) is 16.0. The van der Waals surface area contributed by atoms with Crippen molar-refractivity contribution in [2.24, 2.45) is 0 Å². The summed E-state index contributed by atoms with van der Waals surface area (Å²) in [6.07, 6.45) is 9.70. The first-order chi connectivity index (χ1) is 14.2. The molecule has 0 amide bonds. The molecule has 1 heterocycles. The van der Waals surface area contributed by atoms with Gasteiger partial charge in [0.05, 0.1) is 19.3 Å². The Morgan fingerprint density at radius 1 is 1.00 bits per heavy atom. The lowest BCUT2D eigenvalue weighted by Gasteiger charge is -2.26. The van der Waals surface area contributed by atoms with Gasteiger partial charge in [0.1, 0.15) is 0 Å². The Hall–Kier alpha value is -1.97. The number of rotatable bonds is 10. The lowest BCUT2D eigenvalue weighted by Crippen LogP contribution is -2.28. The smallest absolute Gasteiger partial charge is 0.161 e. The molecule has 0 aromatic heterocycles. The largest absolute Gasteiger partial charge is 0.490 e. The van der Waals surface area contributed by atoms with Gasteiger partial charge in [0.25, 0.3) is 0 Å². The third-order valence-corrected chi connectivity index (χ3v) is 5.41. The second-order valence-corrected chi connectivity index (χ2v) is 7.93. The molecule has 0 radical (unpaired) electrons. The van der Waals surface area contributed by atoms with Gasteiger partial charge in [0, 0.05) is 11.6 Å². The molecule has 0 saturated heterocycles. The Balaban J connectivity index is 1.83. The van der Waals surface area contributed by atoms with E-state index in [0.29, 0.717) is 0 Å². The minimum Gasteiger partial charge on any atom is -0.490 e. The predicted octanol–water partition coefficient (Wildman–Crippen LogP) is 6.60. The summed E-state index contributed by atoms with van der Waals surface area (Å²) >= 11 is 6.00. The van der Waals surface area contributed by atoms with Gasteiger partial charge >= 0.3 is 0 Å². The molecule has 2 aromatic carbocycles. The van der Waals surface area contributed by atoms with Crippen molar-refractivity contribution < 1.29 is 9.47 Å². The van der Waals surface area contributed by atoms with E-state index in [2.05, 4.69) is 43.4 Å². The van der Waals surface area contributed by atoms with Gasteiger partial charge in [-0.05, 0) is 60.2 Å². The van der Waals surface area contributed by atoms with Crippen LogP contribution in [0.5, 0.6) is 11.5 Å². The number of fused-ring (bicyclic) bond motifs is 1. The zero-order chi connectivity index (χ0) is 20.5. The maximum atomic E-state index is 6.11. The molecule has 1 atom stereocenters. The number of nitrogens with one attached hydrogen (secondary N) is 1. The van der Waals surface area contributed by atoms with Gasteiger partial charge in [-0.25, -0.2) is 0 Å². The Kier molecular flexibility index (Phi) is 8.45. The number of hydrogen-bond donors (Lipinski definition) is 1. The molecule has 0 spiro atoms. The average molecular weight is 414 g/mol. The maximum Gasteiger partial charge on any atom is 0.161 e. The highest BCUT2D eigenvalue weighted by molar-refractivity contribution is 6.30. The Morgan fingerprint density at radius 3 is 2.31 bits per heavy atom. The summed E-state index contributed by atoms with van der Waals surface area (Å²) in [4.78, 5) is 0. The molecule has 2 aromatic rings. The van der Waals surface area contributed by atoms with Crippen molar-refractivity contribution in [2.45, 2.75) is 52.0 Å². The van der Waals surface area contributed by atoms with Crippen molar-refractivity contribution in [3.63, 3.8) is 0 Å². The number of unbranched alkanes of at least 4 members (excludes halogenated alkanes) is 2. The Bertz CT molecular complexity index is 801. The van der Waals surface area contributed by atoms with E-state index in [9.17, 15) is 0 Å². The summed E-state index contributed by atoms with van der Waals surface area (Å²) in [6.45, 7) is 6.76. The highest BCUT2D eigenvalue weighted by Gasteiger charge is 2.21. The SMILES string of the molecule is CCCCOc1cc2c(cc1OCCCC)C(/C=C/c1ccc(Cl)cc1)NCC2. The molecule has 1 N–H and O–H groups in total. The van der Waals surface area contributed by atoms with Crippen LogP contribution in [0, 0.1) is 0 Å². The van der Waals surface area contributed by atoms with E-state index in [1.54, 1.807) is 0 Å². The van der Waals surface area contributed by atoms with E-state index < -0.39 is 0 Å². The fourth-order valence-corrected chi connectivity index (χ4v) is 3.55. The lowest BCUT2D eigenvalue weighted by molar-refractivity contribution is 0.261. The molecule has 0 bridgehead atoms.